The van der Waals surface area contributed by atoms with Crippen LogP contribution in [0.5, 0.6) is 0 Å². The summed E-state index contributed by atoms with van der Waals surface area (Å²) < 4.78 is 13.3. The van der Waals surface area contributed by atoms with Gasteiger partial charge in [-0.2, -0.15) is 0 Å². The second-order valence-electron chi connectivity index (χ2n) is 5.86. The summed E-state index contributed by atoms with van der Waals surface area (Å²) in [5, 5.41) is 11.7. The first-order valence-corrected chi connectivity index (χ1v) is 8.41. The summed E-state index contributed by atoms with van der Waals surface area (Å²) in [5.74, 6) is -1.10. The van der Waals surface area contributed by atoms with Crippen LogP contribution in [0.2, 0.25) is 0 Å². The van der Waals surface area contributed by atoms with E-state index in [0.29, 0.717) is 5.69 Å². The van der Waals surface area contributed by atoms with Crippen molar-refractivity contribution in [3.8, 4) is 0 Å². The molecule has 1 N–H and O–H groups in total. The molecule has 1 aliphatic carbocycles. The third kappa shape index (κ3) is 2.90. The summed E-state index contributed by atoms with van der Waals surface area (Å²) in [6.07, 6.45) is 5.36. The number of rotatable bonds is 4. The molecule has 2 aromatic rings. The monoisotopic (exact) mass is 319 g/mol. The molecule has 1 aromatic carbocycles. The van der Waals surface area contributed by atoms with E-state index in [9.17, 15) is 9.18 Å². The number of halogens is 1. The fourth-order valence-corrected chi connectivity index (χ4v) is 4.41. The van der Waals surface area contributed by atoms with Crippen LogP contribution >= 0.6 is 11.3 Å². The first-order valence-electron chi connectivity index (χ1n) is 7.53. The van der Waals surface area contributed by atoms with Crippen molar-refractivity contribution in [2.24, 2.45) is 0 Å². The van der Waals surface area contributed by atoms with E-state index in [-0.39, 0.29) is 17.7 Å². The van der Waals surface area contributed by atoms with Crippen LogP contribution < -0.4 is 0 Å². The van der Waals surface area contributed by atoms with Gasteiger partial charge in [0.05, 0.1) is 12.1 Å². The smallest absolute Gasteiger partial charge is 0.309 e. The molecular formula is C17H18FNO2S. The molecule has 1 aromatic heterocycles. The molecule has 0 spiro atoms. The Hall–Kier alpha value is -1.75. The third-order valence-corrected chi connectivity index (χ3v) is 5.49. The van der Waals surface area contributed by atoms with Crippen molar-refractivity contribution < 1.29 is 14.3 Å². The molecule has 0 aliphatic heterocycles. The molecule has 0 bridgehead atoms. The maximum atomic E-state index is 13.3. The summed E-state index contributed by atoms with van der Waals surface area (Å²) in [6.45, 7) is 0. The number of carboxylic acids is 1. The van der Waals surface area contributed by atoms with E-state index in [2.05, 4.69) is 4.98 Å². The van der Waals surface area contributed by atoms with E-state index in [4.69, 9.17) is 5.11 Å². The fraction of sp³-hybridized carbons (Fsp3) is 0.412. The Balaban J connectivity index is 2.00. The van der Waals surface area contributed by atoms with Gasteiger partial charge in [0.25, 0.3) is 0 Å². The highest BCUT2D eigenvalue weighted by molar-refractivity contribution is 7.09. The first-order chi connectivity index (χ1) is 10.6. The number of benzene rings is 1. The van der Waals surface area contributed by atoms with Crippen LogP contribution in [0.4, 0.5) is 4.39 Å². The Labute approximate surface area is 132 Å². The van der Waals surface area contributed by atoms with E-state index in [1.54, 1.807) is 0 Å². The summed E-state index contributed by atoms with van der Waals surface area (Å²) in [7, 11) is 0. The normalized spacial score (nSPS) is 17.3. The highest BCUT2D eigenvalue weighted by atomic mass is 32.1. The van der Waals surface area contributed by atoms with Crippen LogP contribution in [0.1, 0.15) is 48.4 Å². The number of aromatic nitrogens is 1. The Morgan fingerprint density at radius 3 is 2.55 bits per heavy atom. The van der Waals surface area contributed by atoms with Crippen molar-refractivity contribution in [2.45, 2.75) is 43.9 Å². The average molecular weight is 319 g/mol. The van der Waals surface area contributed by atoms with Crippen LogP contribution in [-0.4, -0.2) is 16.1 Å². The molecule has 116 valence electrons. The van der Waals surface area contributed by atoms with Crippen molar-refractivity contribution in [3.05, 3.63) is 51.7 Å². The third-order valence-electron chi connectivity index (χ3n) is 4.40. The molecule has 0 unspecified atom stereocenters. The molecule has 1 heterocycles. The summed E-state index contributed by atoms with van der Waals surface area (Å²) in [6, 6.07) is 6.69. The highest BCUT2D eigenvalue weighted by Gasteiger charge is 2.38. The van der Waals surface area contributed by atoms with Gasteiger partial charge in [0, 0.05) is 10.8 Å². The van der Waals surface area contributed by atoms with Crippen LogP contribution in [0.25, 0.3) is 0 Å². The second-order valence-corrected chi connectivity index (χ2v) is 6.72. The number of aliphatic carboxylic acids is 1. The number of nitrogens with zero attached hydrogens (tertiary/aromatic N) is 1. The zero-order chi connectivity index (χ0) is 15.6. The molecule has 1 fully saturated rings. The topological polar surface area (TPSA) is 50.2 Å². The predicted molar refractivity (Wildman–Crippen MR) is 83.7 cm³/mol. The van der Waals surface area contributed by atoms with Gasteiger partial charge in [0.15, 0.2) is 0 Å². The fourth-order valence-electron chi connectivity index (χ4n) is 3.31. The van der Waals surface area contributed by atoms with Gasteiger partial charge in [0.1, 0.15) is 10.8 Å². The zero-order valence-corrected chi connectivity index (χ0v) is 13.0. The number of thiazole rings is 1. The highest BCUT2D eigenvalue weighted by Crippen LogP contribution is 2.45. The van der Waals surface area contributed by atoms with E-state index >= 15 is 0 Å². The van der Waals surface area contributed by atoms with E-state index in [1.165, 1.54) is 29.9 Å². The summed E-state index contributed by atoms with van der Waals surface area (Å²) >= 11 is 1.53. The van der Waals surface area contributed by atoms with E-state index in [0.717, 1.165) is 36.3 Å². The molecule has 0 atom stereocenters. The Morgan fingerprint density at radius 1 is 1.23 bits per heavy atom. The second kappa shape index (κ2) is 6.16. The van der Waals surface area contributed by atoms with E-state index < -0.39 is 5.97 Å². The minimum absolute atomic E-state index is 0.0456. The number of carboxylic acid groups (broad SMARTS) is 1. The predicted octanol–water partition coefficient (Wildman–Crippen LogP) is 4.16. The Morgan fingerprint density at radius 2 is 1.91 bits per heavy atom. The molecule has 0 amide bonds. The molecule has 3 rings (SSSR count). The summed E-state index contributed by atoms with van der Waals surface area (Å²) in [4.78, 5) is 15.5. The quantitative estimate of drug-likeness (QED) is 0.920. The molecular weight excluding hydrogens is 301 g/mol. The Kier molecular flexibility index (Phi) is 4.25. The minimum atomic E-state index is -0.865. The van der Waals surface area contributed by atoms with Crippen molar-refractivity contribution in [3.63, 3.8) is 0 Å². The van der Waals surface area contributed by atoms with Crippen molar-refractivity contribution in [1.29, 1.82) is 0 Å². The molecule has 0 saturated heterocycles. The summed E-state index contributed by atoms with van der Waals surface area (Å²) in [5.41, 5.74) is 1.51. The molecule has 3 nitrogen and oxygen atoms in total. The molecule has 22 heavy (non-hydrogen) atoms. The molecule has 0 radical (unpaired) electrons. The zero-order valence-electron chi connectivity index (χ0n) is 12.2. The van der Waals surface area contributed by atoms with Crippen molar-refractivity contribution in [2.75, 3.05) is 0 Å². The van der Waals surface area contributed by atoms with Crippen LogP contribution in [0.3, 0.4) is 0 Å². The number of hydrogen-bond donors (Lipinski definition) is 1. The lowest BCUT2D eigenvalue weighted by Gasteiger charge is -2.36. The van der Waals surface area contributed by atoms with Crippen LogP contribution in [0.15, 0.2) is 29.6 Å². The lowest BCUT2D eigenvalue weighted by molar-refractivity contribution is -0.136. The maximum absolute atomic E-state index is 13.3. The van der Waals surface area contributed by atoms with E-state index in [1.807, 2.05) is 17.5 Å². The number of carbonyl (C=O) groups is 1. The van der Waals surface area contributed by atoms with Crippen molar-refractivity contribution in [1.82, 2.24) is 4.98 Å². The SMILES string of the molecule is O=C(O)Cc1csc(C2(c3ccc(F)cc3)CCCCC2)n1. The van der Waals surface area contributed by atoms with Gasteiger partial charge in [-0.15, -0.1) is 11.3 Å². The maximum Gasteiger partial charge on any atom is 0.309 e. The number of hydrogen-bond acceptors (Lipinski definition) is 3. The van der Waals surface area contributed by atoms with Crippen molar-refractivity contribution >= 4 is 17.3 Å². The lowest BCUT2D eigenvalue weighted by atomic mass is 9.70. The van der Waals surface area contributed by atoms with Gasteiger partial charge < -0.3 is 5.11 Å². The molecule has 5 heteroatoms. The molecule has 1 aliphatic rings. The lowest BCUT2D eigenvalue weighted by Crippen LogP contribution is -2.30. The van der Waals surface area contributed by atoms with Gasteiger partial charge in [-0.3, -0.25) is 4.79 Å². The van der Waals surface area contributed by atoms with Gasteiger partial charge in [-0.25, -0.2) is 9.37 Å². The standard InChI is InChI=1S/C17H18FNO2S/c18-13-6-4-12(5-7-13)17(8-2-1-3-9-17)16-19-14(11-22-16)10-15(20)21/h4-7,11H,1-3,8-10H2,(H,20,21). The van der Waals surface area contributed by atoms with Gasteiger partial charge in [0.2, 0.25) is 0 Å². The van der Waals surface area contributed by atoms with Crippen LogP contribution in [-0.2, 0) is 16.6 Å². The Bertz CT molecular complexity index is 660. The first kappa shape index (κ1) is 15.2. The molecule has 1 saturated carbocycles. The van der Waals surface area contributed by atoms with Gasteiger partial charge >= 0.3 is 5.97 Å². The van der Waals surface area contributed by atoms with Crippen LogP contribution in [0, 0.1) is 5.82 Å². The van der Waals surface area contributed by atoms with Gasteiger partial charge in [-0.05, 0) is 30.5 Å². The minimum Gasteiger partial charge on any atom is -0.481 e. The average Bonchev–Trinajstić information content (AvgIpc) is 2.97. The largest absolute Gasteiger partial charge is 0.481 e. The van der Waals surface area contributed by atoms with Gasteiger partial charge in [-0.1, -0.05) is 31.4 Å².